The molecule has 2 rings (SSSR count). The van der Waals surface area contributed by atoms with Crippen LogP contribution in [-0.4, -0.2) is 48.2 Å². The van der Waals surface area contributed by atoms with Crippen molar-refractivity contribution in [2.75, 3.05) is 26.3 Å². The highest BCUT2D eigenvalue weighted by Gasteiger charge is 2.24. The molecule has 1 aromatic rings. The van der Waals surface area contributed by atoms with Gasteiger partial charge >= 0.3 is 5.97 Å². The van der Waals surface area contributed by atoms with Gasteiger partial charge in [-0.1, -0.05) is 31.5 Å². The van der Waals surface area contributed by atoms with Gasteiger partial charge in [0.15, 0.2) is 0 Å². The number of likely N-dealkylation sites (tertiary alicyclic amines) is 1. The summed E-state index contributed by atoms with van der Waals surface area (Å²) in [5, 5.41) is 9.26. The van der Waals surface area contributed by atoms with Crippen LogP contribution in [0.1, 0.15) is 48.5 Å². The lowest BCUT2D eigenvalue weighted by Crippen LogP contribution is -2.40. The topological polar surface area (TPSA) is 66.8 Å². The van der Waals surface area contributed by atoms with Crippen molar-refractivity contribution in [1.82, 2.24) is 4.90 Å². The lowest BCUT2D eigenvalue weighted by molar-refractivity contribution is -0.137. The average molecular weight is 333 g/mol. The van der Waals surface area contributed by atoms with Crippen LogP contribution in [0.25, 0.3) is 0 Å². The van der Waals surface area contributed by atoms with Gasteiger partial charge in [0, 0.05) is 19.7 Å². The van der Waals surface area contributed by atoms with Gasteiger partial charge in [-0.25, -0.2) is 4.79 Å². The van der Waals surface area contributed by atoms with E-state index in [1.165, 1.54) is 0 Å². The second-order valence-corrected chi connectivity index (χ2v) is 6.40. The molecule has 132 valence electrons. The Bertz CT molecular complexity index is 550. The fraction of sp³-hybridized carbons (Fsp3) is 0.579. The molecule has 1 aromatic carbocycles. The van der Waals surface area contributed by atoms with Gasteiger partial charge in [-0.05, 0) is 43.2 Å². The summed E-state index contributed by atoms with van der Waals surface area (Å²) >= 11 is 0. The smallest absolute Gasteiger partial charge is 0.335 e. The standard InChI is InChI=1S/C19H27NO4/c1-2-3-12-24-14-18(21)20-10-8-15(9-11-20)13-16-6-4-5-7-17(16)19(22)23/h4-7,15H,2-3,8-14H2,1H3,(H,22,23). The molecule has 1 amide bonds. The zero-order valence-electron chi connectivity index (χ0n) is 14.4. The predicted octanol–water partition coefficient (Wildman–Crippen LogP) is 2.98. The molecule has 0 atom stereocenters. The molecule has 0 saturated carbocycles. The Hall–Kier alpha value is -1.88. The summed E-state index contributed by atoms with van der Waals surface area (Å²) in [4.78, 5) is 25.2. The van der Waals surface area contributed by atoms with Gasteiger partial charge in [-0.3, -0.25) is 4.79 Å². The van der Waals surface area contributed by atoms with Crippen molar-refractivity contribution in [1.29, 1.82) is 0 Å². The van der Waals surface area contributed by atoms with E-state index >= 15 is 0 Å². The van der Waals surface area contributed by atoms with E-state index in [0.717, 1.165) is 50.8 Å². The third-order valence-electron chi connectivity index (χ3n) is 4.59. The van der Waals surface area contributed by atoms with E-state index in [-0.39, 0.29) is 12.5 Å². The minimum absolute atomic E-state index is 0.0653. The number of amides is 1. The van der Waals surface area contributed by atoms with Crippen LogP contribution in [0.4, 0.5) is 0 Å². The van der Waals surface area contributed by atoms with Gasteiger partial charge < -0.3 is 14.7 Å². The summed E-state index contributed by atoms with van der Waals surface area (Å²) in [5.74, 6) is -0.381. The van der Waals surface area contributed by atoms with E-state index in [1.54, 1.807) is 12.1 Å². The summed E-state index contributed by atoms with van der Waals surface area (Å²) < 4.78 is 5.40. The molecule has 0 unspecified atom stereocenters. The number of nitrogens with zero attached hydrogens (tertiary/aromatic N) is 1. The molecule has 5 heteroatoms. The highest BCUT2D eigenvalue weighted by atomic mass is 16.5. The lowest BCUT2D eigenvalue weighted by Gasteiger charge is -2.32. The number of carbonyl (C=O) groups excluding carboxylic acids is 1. The molecule has 24 heavy (non-hydrogen) atoms. The zero-order chi connectivity index (χ0) is 17.4. The minimum atomic E-state index is -0.873. The van der Waals surface area contributed by atoms with Crippen LogP contribution in [0.15, 0.2) is 24.3 Å². The van der Waals surface area contributed by atoms with Crippen LogP contribution in [0.2, 0.25) is 0 Å². The first-order valence-corrected chi connectivity index (χ1v) is 8.78. The third-order valence-corrected chi connectivity index (χ3v) is 4.59. The number of hydrogen-bond donors (Lipinski definition) is 1. The molecule has 1 aliphatic heterocycles. The van der Waals surface area contributed by atoms with Crippen LogP contribution >= 0.6 is 0 Å². The van der Waals surface area contributed by atoms with Crippen molar-refractivity contribution in [3.63, 3.8) is 0 Å². The number of piperidine rings is 1. The number of aromatic carboxylic acids is 1. The second-order valence-electron chi connectivity index (χ2n) is 6.40. The van der Waals surface area contributed by atoms with Crippen LogP contribution in [-0.2, 0) is 16.0 Å². The SMILES string of the molecule is CCCCOCC(=O)N1CCC(Cc2ccccc2C(=O)O)CC1. The first-order valence-electron chi connectivity index (χ1n) is 8.78. The Labute approximate surface area is 143 Å². The highest BCUT2D eigenvalue weighted by molar-refractivity contribution is 5.89. The Morgan fingerprint density at radius 2 is 1.96 bits per heavy atom. The maximum atomic E-state index is 12.1. The molecule has 0 aromatic heterocycles. The number of carboxylic acid groups (broad SMARTS) is 1. The third kappa shape index (κ3) is 5.34. The Morgan fingerprint density at radius 1 is 1.25 bits per heavy atom. The predicted molar refractivity (Wildman–Crippen MR) is 92.1 cm³/mol. The van der Waals surface area contributed by atoms with E-state index in [0.29, 0.717) is 18.1 Å². The van der Waals surface area contributed by atoms with E-state index in [2.05, 4.69) is 6.92 Å². The monoisotopic (exact) mass is 333 g/mol. The van der Waals surface area contributed by atoms with Crippen LogP contribution in [0.5, 0.6) is 0 Å². The first kappa shape index (κ1) is 18.5. The largest absolute Gasteiger partial charge is 0.478 e. The summed E-state index contributed by atoms with van der Waals surface area (Å²) in [6.07, 6.45) is 4.64. The molecule has 0 aliphatic carbocycles. The van der Waals surface area contributed by atoms with Gasteiger partial charge in [0.2, 0.25) is 5.91 Å². The van der Waals surface area contributed by atoms with E-state index in [1.807, 2.05) is 17.0 Å². The zero-order valence-corrected chi connectivity index (χ0v) is 14.4. The lowest BCUT2D eigenvalue weighted by atomic mass is 9.88. The fourth-order valence-electron chi connectivity index (χ4n) is 3.10. The number of carbonyl (C=O) groups is 2. The van der Waals surface area contributed by atoms with E-state index in [9.17, 15) is 14.7 Å². The first-order chi connectivity index (χ1) is 11.6. The highest BCUT2D eigenvalue weighted by Crippen LogP contribution is 2.23. The van der Waals surface area contributed by atoms with Gasteiger partial charge in [-0.15, -0.1) is 0 Å². The molecule has 5 nitrogen and oxygen atoms in total. The Morgan fingerprint density at radius 3 is 2.62 bits per heavy atom. The quantitative estimate of drug-likeness (QED) is 0.743. The average Bonchev–Trinajstić information content (AvgIpc) is 2.59. The van der Waals surface area contributed by atoms with Crippen LogP contribution in [0, 0.1) is 5.92 Å². The molecule has 1 fully saturated rings. The number of rotatable bonds is 8. The Kier molecular flexibility index (Phi) is 7.25. The normalized spacial score (nSPS) is 15.5. The molecule has 1 N–H and O–H groups in total. The minimum Gasteiger partial charge on any atom is -0.478 e. The van der Waals surface area contributed by atoms with E-state index < -0.39 is 5.97 Å². The van der Waals surface area contributed by atoms with Crippen molar-refractivity contribution < 1.29 is 19.4 Å². The van der Waals surface area contributed by atoms with Crippen LogP contribution < -0.4 is 0 Å². The number of unbranched alkanes of at least 4 members (excludes halogenated alkanes) is 1. The molecular weight excluding hydrogens is 306 g/mol. The van der Waals surface area contributed by atoms with E-state index in [4.69, 9.17) is 4.74 Å². The van der Waals surface area contributed by atoms with Gasteiger partial charge in [0.05, 0.1) is 5.56 Å². The molecule has 0 spiro atoms. The van der Waals surface area contributed by atoms with Crippen molar-refractivity contribution in [2.45, 2.75) is 39.0 Å². The number of carboxylic acids is 1. The number of ether oxygens (including phenoxy) is 1. The number of benzene rings is 1. The molecule has 1 aliphatic rings. The van der Waals surface area contributed by atoms with Gasteiger partial charge in [0.25, 0.3) is 0 Å². The van der Waals surface area contributed by atoms with Crippen molar-refractivity contribution in [3.05, 3.63) is 35.4 Å². The second kappa shape index (κ2) is 9.42. The van der Waals surface area contributed by atoms with Crippen LogP contribution in [0.3, 0.4) is 0 Å². The van der Waals surface area contributed by atoms with Crippen molar-refractivity contribution in [2.24, 2.45) is 5.92 Å². The fourth-order valence-corrected chi connectivity index (χ4v) is 3.10. The summed E-state index contributed by atoms with van der Waals surface area (Å²) in [6.45, 7) is 4.38. The number of hydrogen-bond acceptors (Lipinski definition) is 3. The molecule has 1 heterocycles. The molecule has 0 bridgehead atoms. The van der Waals surface area contributed by atoms with Gasteiger partial charge in [-0.2, -0.15) is 0 Å². The van der Waals surface area contributed by atoms with Gasteiger partial charge in [0.1, 0.15) is 6.61 Å². The molecule has 0 radical (unpaired) electrons. The maximum absolute atomic E-state index is 12.1. The molecular formula is C19H27NO4. The maximum Gasteiger partial charge on any atom is 0.335 e. The molecule has 1 saturated heterocycles. The summed E-state index contributed by atoms with van der Waals surface area (Å²) in [7, 11) is 0. The van der Waals surface area contributed by atoms with Crippen molar-refractivity contribution >= 4 is 11.9 Å². The summed E-state index contributed by atoms with van der Waals surface area (Å²) in [6, 6.07) is 7.19. The Balaban J connectivity index is 1.79. The summed E-state index contributed by atoms with van der Waals surface area (Å²) in [5.41, 5.74) is 1.28. The van der Waals surface area contributed by atoms with Crippen molar-refractivity contribution in [3.8, 4) is 0 Å².